The molecule has 2 atom stereocenters. The number of aliphatic hydroxyl groups is 2. The Labute approximate surface area is 140 Å². The van der Waals surface area contributed by atoms with E-state index in [1.165, 1.54) is 19.8 Å². The van der Waals surface area contributed by atoms with Crippen LogP contribution in [0.25, 0.3) is 0 Å². The molecule has 0 unspecified atom stereocenters. The van der Waals surface area contributed by atoms with E-state index in [0.717, 1.165) is 32.1 Å². The fraction of sp³-hybridized carbons (Fsp3) is 0.632. The minimum Gasteiger partial charge on any atom is -0.463 e. The average molecular weight is 324 g/mol. The number of hydrogen-bond donors (Lipinski definition) is 2. The second-order valence-electron chi connectivity index (χ2n) is 5.66. The Morgan fingerprint density at radius 3 is 2.35 bits per heavy atom. The van der Waals surface area contributed by atoms with Crippen LogP contribution in [-0.4, -0.2) is 35.0 Å². The number of hydrogen-bond acceptors (Lipinski definition) is 4. The van der Waals surface area contributed by atoms with E-state index in [9.17, 15) is 15.0 Å². The van der Waals surface area contributed by atoms with E-state index >= 15 is 0 Å². The summed E-state index contributed by atoms with van der Waals surface area (Å²) in [6, 6.07) is 0. The van der Waals surface area contributed by atoms with Gasteiger partial charge in [0.05, 0.1) is 12.2 Å². The lowest BCUT2D eigenvalue weighted by atomic mass is 10.1. The molecule has 4 nitrogen and oxygen atoms in total. The van der Waals surface area contributed by atoms with Crippen molar-refractivity contribution in [2.45, 2.75) is 70.5 Å². The zero-order valence-corrected chi connectivity index (χ0v) is 14.3. The number of unbranched alkanes of at least 4 members (excludes halogenated alkanes) is 5. The predicted molar refractivity (Wildman–Crippen MR) is 94.1 cm³/mol. The standard InChI is InChI=1S/C19H32O4/c1-3-4-5-6-7-8-9-10-11-12-13-14-18(21)15-19(22)16-23-17(2)20/h3,6-7,13-14,18-19,21-22H,1,4-5,8-12,15-16H2,2H3/t18-,19-/m0/s1. The second-order valence-corrected chi connectivity index (χ2v) is 5.66. The number of rotatable bonds is 14. The first kappa shape index (κ1) is 21.6. The van der Waals surface area contributed by atoms with E-state index < -0.39 is 18.2 Å². The maximum atomic E-state index is 10.6. The van der Waals surface area contributed by atoms with E-state index in [2.05, 4.69) is 23.5 Å². The molecule has 0 aromatic rings. The smallest absolute Gasteiger partial charge is 0.302 e. The van der Waals surface area contributed by atoms with Gasteiger partial charge in [-0.1, -0.05) is 36.8 Å². The molecule has 0 radical (unpaired) electrons. The summed E-state index contributed by atoms with van der Waals surface area (Å²) in [5, 5.41) is 19.3. The molecule has 0 aromatic carbocycles. The Morgan fingerprint density at radius 2 is 1.70 bits per heavy atom. The van der Waals surface area contributed by atoms with Gasteiger partial charge >= 0.3 is 5.97 Å². The number of esters is 1. The van der Waals surface area contributed by atoms with Crippen LogP contribution in [0.3, 0.4) is 0 Å². The number of ether oxygens (including phenoxy) is 1. The topological polar surface area (TPSA) is 66.8 Å². The zero-order valence-electron chi connectivity index (χ0n) is 14.3. The highest BCUT2D eigenvalue weighted by molar-refractivity contribution is 5.65. The first-order chi connectivity index (χ1) is 11.1. The summed E-state index contributed by atoms with van der Waals surface area (Å²) in [4.78, 5) is 10.6. The third kappa shape index (κ3) is 16.8. The Hall–Kier alpha value is -1.39. The molecule has 132 valence electrons. The molecule has 23 heavy (non-hydrogen) atoms. The molecule has 0 bridgehead atoms. The summed E-state index contributed by atoms with van der Waals surface area (Å²) < 4.78 is 4.68. The van der Waals surface area contributed by atoms with Crippen molar-refractivity contribution >= 4 is 5.97 Å². The summed E-state index contributed by atoms with van der Waals surface area (Å²) in [5.41, 5.74) is 0. The Balaban J connectivity index is 3.52. The highest BCUT2D eigenvalue weighted by Crippen LogP contribution is 2.07. The summed E-state index contributed by atoms with van der Waals surface area (Å²) >= 11 is 0. The van der Waals surface area contributed by atoms with Crippen molar-refractivity contribution < 1.29 is 19.7 Å². The minimum absolute atomic E-state index is 0.0689. The quantitative estimate of drug-likeness (QED) is 0.290. The molecule has 0 aromatic heterocycles. The van der Waals surface area contributed by atoms with E-state index in [4.69, 9.17) is 0 Å². The molecule has 2 N–H and O–H groups in total. The van der Waals surface area contributed by atoms with Gasteiger partial charge in [0.15, 0.2) is 0 Å². The van der Waals surface area contributed by atoms with Gasteiger partial charge < -0.3 is 14.9 Å². The predicted octanol–water partition coefficient (Wildman–Crippen LogP) is 3.69. The zero-order chi connectivity index (χ0) is 17.3. The van der Waals surface area contributed by atoms with Crippen LogP contribution in [0, 0.1) is 0 Å². The van der Waals surface area contributed by atoms with Crippen LogP contribution in [0.5, 0.6) is 0 Å². The molecular weight excluding hydrogens is 292 g/mol. The van der Waals surface area contributed by atoms with Gasteiger partial charge in [-0.2, -0.15) is 0 Å². The van der Waals surface area contributed by atoms with E-state index in [1.807, 2.05) is 12.2 Å². The summed E-state index contributed by atoms with van der Waals surface area (Å²) in [6.07, 6.45) is 16.3. The largest absolute Gasteiger partial charge is 0.463 e. The van der Waals surface area contributed by atoms with Crippen LogP contribution in [0.4, 0.5) is 0 Å². The van der Waals surface area contributed by atoms with Crippen LogP contribution in [0.15, 0.2) is 37.0 Å². The van der Waals surface area contributed by atoms with Crippen LogP contribution in [-0.2, 0) is 9.53 Å². The molecule has 0 rings (SSSR count). The summed E-state index contributed by atoms with van der Waals surface area (Å²) in [7, 11) is 0. The molecule has 4 heteroatoms. The average Bonchev–Trinajstić information content (AvgIpc) is 2.50. The molecular formula is C19H32O4. The molecule has 0 spiro atoms. The van der Waals surface area contributed by atoms with Gasteiger partial charge in [-0.25, -0.2) is 0 Å². The number of carbonyl (C=O) groups excluding carboxylic acids is 1. The third-order valence-corrected chi connectivity index (χ3v) is 3.30. The van der Waals surface area contributed by atoms with Crippen molar-refractivity contribution in [3.05, 3.63) is 37.0 Å². The number of allylic oxidation sites excluding steroid dienone is 4. The molecule has 0 aliphatic heterocycles. The van der Waals surface area contributed by atoms with Crippen LogP contribution in [0.1, 0.15) is 58.3 Å². The van der Waals surface area contributed by atoms with E-state index in [0.29, 0.717) is 0 Å². The second kappa shape index (κ2) is 15.5. The first-order valence-corrected chi connectivity index (χ1v) is 8.48. The minimum atomic E-state index is -0.827. The summed E-state index contributed by atoms with van der Waals surface area (Å²) in [6.45, 7) is 4.91. The molecule has 0 heterocycles. The monoisotopic (exact) mass is 324 g/mol. The number of carbonyl (C=O) groups is 1. The Bertz CT molecular complexity index is 360. The lowest BCUT2D eigenvalue weighted by molar-refractivity contribution is -0.144. The van der Waals surface area contributed by atoms with Crippen molar-refractivity contribution in [1.82, 2.24) is 0 Å². The lowest BCUT2D eigenvalue weighted by Crippen LogP contribution is -2.22. The molecule has 0 saturated carbocycles. The SMILES string of the molecule is C=CCCC=CCCCCCC=C[C@H](O)C[C@H](O)COC(C)=O. The molecule has 0 saturated heterocycles. The van der Waals surface area contributed by atoms with Crippen molar-refractivity contribution in [3.8, 4) is 0 Å². The van der Waals surface area contributed by atoms with Crippen molar-refractivity contribution in [1.29, 1.82) is 0 Å². The first-order valence-electron chi connectivity index (χ1n) is 8.48. The molecule has 0 fully saturated rings. The van der Waals surface area contributed by atoms with Gasteiger partial charge in [0.25, 0.3) is 0 Å². The molecule has 0 aliphatic rings. The Kier molecular flexibility index (Phi) is 14.6. The normalized spacial score (nSPS) is 14.2. The number of aliphatic hydroxyl groups excluding tert-OH is 2. The van der Waals surface area contributed by atoms with E-state index in [-0.39, 0.29) is 13.0 Å². The maximum Gasteiger partial charge on any atom is 0.302 e. The summed E-state index contributed by atoms with van der Waals surface area (Å²) in [5.74, 6) is -0.426. The van der Waals surface area contributed by atoms with Crippen LogP contribution >= 0.6 is 0 Å². The van der Waals surface area contributed by atoms with E-state index in [1.54, 1.807) is 6.08 Å². The molecule has 0 aliphatic carbocycles. The van der Waals surface area contributed by atoms with Crippen molar-refractivity contribution in [2.75, 3.05) is 6.61 Å². The highest BCUT2D eigenvalue weighted by atomic mass is 16.5. The van der Waals surface area contributed by atoms with Gasteiger partial charge in [-0.3, -0.25) is 4.79 Å². The van der Waals surface area contributed by atoms with Gasteiger partial charge in [0.1, 0.15) is 6.61 Å². The van der Waals surface area contributed by atoms with Gasteiger partial charge in [0, 0.05) is 13.3 Å². The molecule has 0 amide bonds. The van der Waals surface area contributed by atoms with Gasteiger partial charge in [-0.15, -0.1) is 6.58 Å². The van der Waals surface area contributed by atoms with Crippen LogP contribution in [0.2, 0.25) is 0 Å². The van der Waals surface area contributed by atoms with Gasteiger partial charge in [-0.05, 0) is 38.5 Å². The third-order valence-electron chi connectivity index (χ3n) is 3.30. The maximum absolute atomic E-state index is 10.6. The van der Waals surface area contributed by atoms with Crippen molar-refractivity contribution in [3.63, 3.8) is 0 Å². The lowest BCUT2D eigenvalue weighted by Gasteiger charge is -2.12. The van der Waals surface area contributed by atoms with Gasteiger partial charge in [0.2, 0.25) is 0 Å². The Morgan fingerprint density at radius 1 is 1.04 bits per heavy atom. The van der Waals surface area contributed by atoms with Crippen LogP contribution < -0.4 is 0 Å². The van der Waals surface area contributed by atoms with Crippen molar-refractivity contribution in [2.24, 2.45) is 0 Å². The fourth-order valence-corrected chi connectivity index (χ4v) is 2.04. The fourth-order valence-electron chi connectivity index (χ4n) is 2.04. The highest BCUT2D eigenvalue weighted by Gasteiger charge is 2.10.